The predicted molar refractivity (Wildman–Crippen MR) is 82.6 cm³/mol. The molecule has 0 unspecified atom stereocenters. The van der Waals surface area contributed by atoms with E-state index >= 15 is 0 Å². The molecule has 0 amide bonds. The van der Waals surface area contributed by atoms with Crippen molar-refractivity contribution in [2.75, 3.05) is 26.2 Å². The van der Waals surface area contributed by atoms with Gasteiger partial charge in [-0.25, -0.2) is 8.42 Å². The Hall–Kier alpha value is 0.150. The van der Waals surface area contributed by atoms with Crippen LogP contribution >= 0.6 is 39.9 Å². The lowest BCUT2D eigenvalue weighted by atomic mass is 10.4. The standard InChI is InChI=1S/C11H14BrClN2O2S.ClH/c12-9-3-1-4-10(11(9)13)18(16,17)15-7-2-5-14-6-8-15;/h1,3-4,14H,2,5-8H2;1H. The van der Waals surface area contributed by atoms with Crippen LogP contribution in [0.2, 0.25) is 5.02 Å². The third-order valence-electron chi connectivity index (χ3n) is 2.83. The maximum atomic E-state index is 12.5. The zero-order valence-corrected chi connectivity index (χ0v) is 14.1. The lowest BCUT2D eigenvalue weighted by Crippen LogP contribution is -2.34. The zero-order chi connectivity index (χ0) is 13.2. The van der Waals surface area contributed by atoms with Crippen LogP contribution in [0.4, 0.5) is 0 Å². The Balaban J connectivity index is 0.00000180. The maximum Gasteiger partial charge on any atom is 0.244 e. The predicted octanol–water partition coefficient (Wildman–Crippen LogP) is 2.51. The van der Waals surface area contributed by atoms with Crippen molar-refractivity contribution in [1.82, 2.24) is 9.62 Å². The second kappa shape index (κ2) is 7.24. The molecule has 1 saturated heterocycles. The number of benzene rings is 1. The number of nitrogens with one attached hydrogen (secondary N) is 1. The third kappa shape index (κ3) is 3.83. The summed E-state index contributed by atoms with van der Waals surface area (Å²) in [5.41, 5.74) is 0. The normalized spacial score (nSPS) is 17.6. The van der Waals surface area contributed by atoms with Gasteiger partial charge in [-0.15, -0.1) is 12.4 Å². The van der Waals surface area contributed by atoms with E-state index in [-0.39, 0.29) is 22.3 Å². The van der Waals surface area contributed by atoms with Gasteiger partial charge in [0.1, 0.15) is 4.90 Å². The van der Waals surface area contributed by atoms with Crippen LogP contribution in [-0.2, 0) is 10.0 Å². The SMILES string of the molecule is Cl.O=S(=O)(c1cccc(Br)c1Cl)N1CCCNCC1. The van der Waals surface area contributed by atoms with Crippen LogP contribution in [0.5, 0.6) is 0 Å². The fraction of sp³-hybridized carbons (Fsp3) is 0.455. The largest absolute Gasteiger partial charge is 0.315 e. The summed E-state index contributed by atoms with van der Waals surface area (Å²) >= 11 is 9.32. The van der Waals surface area contributed by atoms with E-state index < -0.39 is 10.0 Å². The minimum Gasteiger partial charge on any atom is -0.315 e. The summed E-state index contributed by atoms with van der Waals surface area (Å²) in [5.74, 6) is 0. The minimum atomic E-state index is -3.51. The van der Waals surface area contributed by atoms with Crippen LogP contribution in [0.3, 0.4) is 0 Å². The van der Waals surface area contributed by atoms with E-state index in [1.54, 1.807) is 18.2 Å². The molecule has 8 heteroatoms. The molecule has 1 N–H and O–H groups in total. The fourth-order valence-corrected chi connectivity index (χ4v) is 4.37. The zero-order valence-electron chi connectivity index (χ0n) is 10.1. The molecule has 0 aromatic heterocycles. The highest BCUT2D eigenvalue weighted by molar-refractivity contribution is 9.10. The smallest absolute Gasteiger partial charge is 0.244 e. The van der Waals surface area contributed by atoms with Crippen molar-refractivity contribution in [1.29, 1.82) is 0 Å². The third-order valence-corrected chi connectivity index (χ3v) is 6.18. The van der Waals surface area contributed by atoms with E-state index in [0.29, 0.717) is 24.1 Å². The minimum absolute atomic E-state index is 0. The van der Waals surface area contributed by atoms with Gasteiger partial charge < -0.3 is 5.32 Å². The fourth-order valence-electron chi connectivity index (χ4n) is 1.88. The lowest BCUT2D eigenvalue weighted by molar-refractivity contribution is 0.432. The number of sulfonamides is 1. The second-order valence-electron chi connectivity index (χ2n) is 4.06. The highest BCUT2D eigenvalue weighted by atomic mass is 79.9. The molecular formula is C11H15BrCl2N2O2S. The summed E-state index contributed by atoms with van der Waals surface area (Å²) in [7, 11) is -3.51. The quantitative estimate of drug-likeness (QED) is 0.845. The first-order valence-corrected chi connectivity index (χ1v) is 8.29. The van der Waals surface area contributed by atoms with Crippen molar-refractivity contribution in [3.63, 3.8) is 0 Å². The molecule has 0 aliphatic carbocycles. The Bertz CT molecular complexity index is 531. The van der Waals surface area contributed by atoms with E-state index in [2.05, 4.69) is 21.2 Å². The van der Waals surface area contributed by atoms with Crippen LogP contribution in [0.15, 0.2) is 27.6 Å². The number of rotatable bonds is 2. The van der Waals surface area contributed by atoms with E-state index in [1.165, 1.54) is 4.31 Å². The van der Waals surface area contributed by atoms with Gasteiger partial charge in [-0.3, -0.25) is 0 Å². The van der Waals surface area contributed by atoms with Gasteiger partial charge >= 0.3 is 0 Å². The van der Waals surface area contributed by atoms with Crippen LogP contribution in [0.25, 0.3) is 0 Å². The molecular weight excluding hydrogens is 375 g/mol. The number of halogens is 3. The van der Waals surface area contributed by atoms with E-state index in [0.717, 1.165) is 13.0 Å². The van der Waals surface area contributed by atoms with E-state index in [9.17, 15) is 8.42 Å². The molecule has 108 valence electrons. The highest BCUT2D eigenvalue weighted by Gasteiger charge is 2.27. The Morgan fingerprint density at radius 3 is 2.74 bits per heavy atom. The molecule has 1 aromatic rings. The summed E-state index contributed by atoms with van der Waals surface area (Å²) in [5, 5.41) is 3.42. The van der Waals surface area contributed by atoms with Crippen molar-refractivity contribution < 1.29 is 8.42 Å². The van der Waals surface area contributed by atoms with Gasteiger partial charge in [0.2, 0.25) is 10.0 Å². The summed E-state index contributed by atoms with van der Waals surface area (Å²) in [6.45, 7) is 2.52. The van der Waals surface area contributed by atoms with Crippen molar-refractivity contribution in [2.24, 2.45) is 0 Å². The van der Waals surface area contributed by atoms with Gasteiger partial charge in [-0.05, 0) is 41.0 Å². The monoisotopic (exact) mass is 388 g/mol. The van der Waals surface area contributed by atoms with Gasteiger partial charge in [0, 0.05) is 24.1 Å². The van der Waals surface area contributed by atoms with Crippen molar-refractivity contribution in [3.8, 4) is 0 Å². The first-order valence-electron chi connectivity index (χ1n) is 5.68. The summed E-state index contributed by atoms with van der Waals surface area (Å²) in [4.78, 5) is 0.167. The molecule has 0 bridgehead atoms. The molecule has 1 aliphatic rings. The second-order valence-corrected chi connectivity index (χ2v) is 7.20. The van der Waals surface area contributed by atoms with Gasteiger partial charge in [-0.1, -0.05) is 17.7 Å². The topological polar surface area (TPSA) is 49.4 Å². The summed E-state index contributed by atoms with van der Waals surface area (Å²) < 4.78 is 27.1. The molecule has 0 radical (unpaired) electrons. The van der Waals surface area contributed by atoms with Crippen molar-refractivity contribution in [2.45, 2.75) is 11.3 Å². The van der Waals surface area contributed by atoms with Crippen LogP contribution in [-0.4, -0.2) is 38.9 Å². The molecule has 0 atom stereocenters. The van der Waals surface area contributed by atoms with Crippen molar-refractivity contribution in [3.05, 3.63) is 27.7 Å². The lowest BCUT2D eigenvalue weighted by Gasteiger charge is -2.20. The van der Waals surface area contributed by atoms with E-state index in [1.807, 2.05) is 0 Å². The van der Waals surface area contributed by atoms with Crippen LogP contribution in [0, 0.1) is 0 Å². The van der Waals surface area contributed by atoms with Crippen LogP contribution in [0.1, 0.15) is 6.42 Å². The van der Waals surface area contributed by atoms with Crippen LogP contribution < -0.4 is 5.32 Å². The average Bonchev–Trinajstić information content (AvgIpc) is 2.61. The Labute approximate surface area is 133 Å². The van der Waals surface area contributed by atoms with Gasteiger partial charge in [0.05, 0.1) is 5.02 Å². The Morgan fingerprint density at radius 1 is 1.26 bits per heavy atom. The van der Waals surface area contributed by atoms with Gasteiger partial charge in [-0.2, -0.15) is 4.31 Å². The number of hydrogen-bond acceptors (Lipinski definition) is 3. The molecule has 1 aromatic carbocycles. The molecule has 2 rings (SSSR count). The number of hydrogen-bond donors (Lipinski definition) is 1. The van der Waals surface area contributed by atoms with E-state index in [4.69, 9.17) is 11.6 Å². The average molecular weight is 390 g/mol. The molecule has 0 saturated carbocycles. The van der Waals surface area contributed by atoms with Gasteiger partial charge in [0.15, 0.2) is 0 Å². The van der Waals surface area contributed by atoms with Crippen molar-refractivity contribution >= 4 is 50.0 Å². The molecule has 1 heterocycles. The Kier molecular flexibility index (Phi) is 6.56. The Morgan fingerprint density at radius 2 is 2.00 bits per heavy atom. The first-order chi connectivity index (χ1) is 8.53. The highest BCUT2D eigenvalue weighted by Crippen LogP contribution is 2.31. The molecule has 1 fully saturated rings. The summed E-state index contributed by atoms with van der Waals surface area (Å²) in [6, 6.07) is 4.95. The number of nitrogens with zero attached hydrogens (tertiary/aromatic N) is 1. The maximum absolute atomic E-state index is 12.5. The van der Waals surface area contributed by atoms with Gasteiger partial charge in [0.25, 0.3) is 0 Å². The summed E-state index contributed by atoms with van der Waals surface area (Å²) in [6.07, 6.45) is 0.810. The molecule has 1 aliphatic heterocycles. The first kappa shape index (κ1) is 17.2. The molecule has 4 nitrogen and oxygen atoms in total. The molecule has 19 heavy (non-hydrogen) atoms. The molecule has 0 spiro atoms.